The Morgan fingerprint density at radius 1 is 0.955 bits per heavy atom. The number of furan rings is 1. The van der Waals surface area contributed by atoms with Gasteiger partial charge in [-0.2, -0.15) is 0 Å². The number of para-hydroxylation sites is 1. The van der Waals surface area contributed by atoms with Gasteiger partial charge < -0.3 is 9.52 Å². The van der Waals surface area contributed by atoms with E-state index in [-0.39, 0.29) is 5.75 Å². The minimum absolute atomic E-state index is 0.000255. The molecule has 0 aliphatic carbocycles. The zero-order valence-corrected chi connectivity index (χ0v) is 12.1. The maximum atomic E-state index is 14.3. The Morgan fingerprint density at radius 3 is 2.59 bits per heavy atom. The van der Waals surface area contributed by atoms with Crippen molar-refractivity contribution >= 4 is 33.5 Å². The number of benzene rings is 3. The zero-order valence-electron chi connectivity index (χ0n) is 11.3. The summed E-state index contributed by atoms with van der Waals surface area (Å²) < 4.78 is 20.1. The van der Waals surface area contributed by atoms with Gasteiger partial charge in [-0.3, -0.25) is 0 Å². The first-order valence-corrected chi connectivity index (χ1v) is 7.11. The highest BCUT2D eigenvalue weighted by Crippen LogP contribution is 2.42. The van der Waals surface area contributed by atoms with E-state index >= 15 is 0 Å². The highest BCUT2D eigenvalue weighted by atomic mass is 35.5. The van der Waals surface area contributed by atoms with Crippen LogP contribution >= 0.6 is 11.6 Å². The number of fused-ring (bicyclic) bond motifs is 3. The molecule has 22 heavy (non-hydrogen) atoms. The third-order valence-electron chi connectivity index (χ3n) is 3.72. The molecule has 108 valence electrons. The highest BCUT2D eigenvalue weighted by Gasteiger charge is 2.18. The number of aromatic hydroxyl groups is 1. The van der Waals surface area contributed by atoms with Crippen molar-refractivity contribution in [3.8, 4) is 16.9 Å². The molecular formula is C18H10ClFO2. The summed E-state index contributed by atoms with van der Waals surface area (Å²) in [6.45, 7) is 0. The number of phenols is 1. The second kappa shape index (κ2) is 4.75. The average molecular weight is 313 g/mol. The Balaban J connectivity index is 2.18. The van der Waals surface area contributed by atoms with Gasteiger partial charge in [0.1, 0.15) is 22.7 Å². The monoisotopic (exact) mass is 312 g/mol. The van der Waals surface area contributed by atoms with Crippen LogP contribution in [0.4, 0.5) is 4.39 Å². The first-order valence-electron chi connectivity index (χ1n) is 6.74. The van der Waals surface area contributed by atoms with E-state index in [1.165, 1.54) is 12.1 Å². The van der Waals surface area contributed by atoms with Crippen LogP contribution in [0.15, 0.2) is 59.0 Å². The van der Waals surface area contributed by atoms with Crippen LogP contribution in [0.3, 0.4) is 0 Å². The fourth-order valence-electron chi connectivity index (χ4n) is 2.77. The predicted molar refractivity (Wildman–Crippen MR) is 85.8 cm³/mol. The van der Waals surface area contributed by atoms with E-state index in [0.29, 0.717) is 32.7 Å². The first kappa shape index (κ1) is 13.2. The third kappa shape index (κ3) is 1.86. The Morgan fingerprint density at radius 2 is 1.77 bits per heavy atom. The summed E-state index contributed by atoms with van der Waals surface area (Å²) in [6, 6.07) is 15.1. The second-order valence-electron chi connectivity index (χ2n) is 5.06. The van der Waals surface area contributed by atoms with Crippen LogP contribution in [0.5, 0.6) is 5.75 Å². The number of rotatable bonds is 1. The molecule has 0 unspecified atom stereocenters. The van der Waals surface area contributed by atoms with Crippen molar-refractivity contribution in [2.75, 3.05) is 0 Å². The van der Waals surface area contributed by atoms with E-state index in [9.17, 15) is 9.50 Å². The lowest BCUT2D eigenvalue weighted by atomic mass is 9.98. The molecule has 1 aromatic heterocycles. The largest absolute Gasteiger partial charge is 0.507 e. The number of hydrogen-bond donors (Lipinski definition) is 1. The smallest absolute Gasteiger partial charge is 0.136 e. The molecule has 2 nitrogen and oxygen atoms in total. The van der Waals surface area contributed by atoms with Crippen LogP contribution in [0, 0.1) is 5.82 Å². The zero-order chi connectivity index (χ0) is 15.3. The summed E-state index contributed by atoms with van der Waals surface area (Å²) in [7, 11) is 0. The standard InChI is InChI=1S/C18H10ClFO2/c19-10-5-6-11(13(20)9-10)17-14(21)7-8-16-18(17)12-3-1-2-4-15(12)22-16/h1-9,21H. The Bertz CT molecular complexity index is 1020. The van der Waals surface area contributed by atoms with Crippen molar-refractivity contribution in [1.82, 2.24) is 0 Å². The molecule has 0 bridgehead atoms. The van der Waals surface area contributed by atoms with E-state index in [1.54, 1.807) is 18.2 Å². The van der Waals surface area contributed by atoms with Gasteiger partial charge in [-0.25, -0.2) is 4.39 Å². The quantitative estimate of drug-likeness (QED) is 0.485. The normalized spacial score (nSPS) is 11.4. The van der Waals surface area contributed by atoms with E-state index in [4.69, 9.17) is 16.0 Å². The summed E-state index contributed by atoms with van der Waals surface area (Å²) in [5.74, 6) is -0.485. The van der Waals surface area contributed by atoms with Crippen LogP contribution in [0.2, 0.25) is 5.02 Å². The molecule has 1 N–H and O–H groups in total. The Kier molecular flexibility index (Phi) is 2.84. The molecule has 0 spiro atoms. The van der Waals surface area contributed by atoms with Crippen LogP contribution in [-0.4, -0.2) is 5.11 Å². The summed E-state index contributed by atoms with van der Waals surface area (Å²) in [6.07, 6.45) is 0. The van der Waals surface area contributed by atoms with Crippen molar-refractivity contribution in [3.63, 3.8) is 0 Å². The van der Waals surface area contributed by atoms with Gasteiger partial charge in [0.2, 0.25) is 0 Å². The lowest BCUT2D eigenvalue weighted by Crippen LogP contribution is -1.86. The van der Waals surface area contributed by atoms with E-state index in [2.05, 4.69) is 0 Å². The fourth-order valence-corrected chi connectivity index (χ4v) is 2.93. The van der Waals surface area contributed by atoms with Gasteiger partial charge >= 0.3 is 0 Å². The predicted octanol–water partition coefficient (Wildman–Crippen LogP) is 5.75. The van der Waals surface area contributed by atoms with Gasteiger partial charge in [0.15, 0.2) is 0 Å². The van der Waals surface area contributed by atoms with Gasteiger partial charge in [-0.15, -0.1) is 0 Å². The number of hydrogen-bond acceptors (Lipinski definition) is 2. The Hall–Kier alpha value is -2.52. The topological polar surface area (TPSA) is 33.4 Å². The molecular weight excluding hydrogens is 303 g/mol. The molecule has 0 saturated heterocycles. The van der Waals surface area contributed by atoms with Gasteiger partial charge in [-0.05, 0) is 36.4 Å². The summed E-state index contributed by atoms with van der Waals surface area (Å²) in [5.41, 5.74) is 2.00. The molecule has 3 aromatic carbocycles. The highest BCUT2D eigenvalue weighted by molar-refractivity contribution is 6.30. The average Bonchev–Trinajstić information content (AvgIpc) is 2.87. The van der Waals surface area contributed by atoms with Crippen LogP contribution in [0.1, 0.15) is 0 Å². The van der Waals surface area contributed by atoms with Gasteiger partial charge in [0.25, 0.3) is 0 Å². The maximum absolute atomic E-state index is 14.3. The molecule has 4 rings (SSSR count). The summed E-state index contributed by atoms with van der Waals surface area (Å²) >= 11 is 5.82. The molecule has 0 saturated carbocycles. The van der Waals surface area contributed by atoms with Gasteiger partial charge in [0, 0.05) is 26.9 Å². The van der Waals surface area contributed by atoms with Crippen LogP contribution in [0.25, 0.3) is 33.1 Å². The van der Waals surface area contributed by atoms with Crippen molar-refractivity contribution < 1.29 is 13.9 Å². The van der Waals surface area contributed by atoms with Crippen LogP contribution < -0.4 is 0 Å². The molecule has 0 radical (unpaired) electrons. The lowest BCUT2D eigenvalue weighted by molar-refractivity contribution is 0.477. The molecule has 1 heterocycles. The van der Waals surface area contributed by atoms with Gasteiger partial charge in [-0.1, -0.05) is 29.8 Å². The van der Waals surface area contributed by atoms with E-state index < -0.39 is 5.82 Å². The minimum atomic E-state index is -0.486. The van der Waals surface area contributed by atoms with Crippen molar-refractivity contribution in [1.29, 1.82) is 0 Å². The minimum Gasteiger partial charge on any atom is -0.507 e. The van der Waals surface area contributed by atoms with Gasteiger partial charge in [0.05, 0.1) is 0 Å². The maximum Gasteiger partial charge on any atom is 0.136 e. The molecule has 0 atom stereocenters. The Labute approximate surface area is 130 Å². The number of phenolic OH excluding ortho intramolecular Hbond substituents is 1. The van der Waals surface area contributed by atoms with E-state index in [1.807, 2.05) is 24.3 Å². The molecule has 0 aliphatic rings. The van der Waals surface area contributed by atoms with E-state index in [0.717, 1.165) is 5.39 Å². The summed E-state index contributed by atoms with van der Waals surface area (Å²) in [5, 5.41) is 12.1. The van der Waals surface area contributed by atoms with Crippen molar-refractivity contribution in [2.24, 2.45) is 0 Å². The molecule has 4 heteroatoms. The molecule has 0 fully saturated rings. The lowest BCUT2D eigenvalue weighted by Gasteiger charge is -2.08. The van der Waals surface area contributed by atoms with Crippen LogP contribution in [-0.2, 0) is 0 Å². The molecule has 0 amide bonds. The number of halogens is 2. The van der Waals surface area contributed by atoms with Crippen molar-refractivity contribution in [2.45, 2.75) is 0 Å². The molecule has 4 aromatic rings. The SMILES string of the molecule is Oc1ccc2oc3ccccc3c2c1-c1ccc(Cl)cc1F. The third-order valence-corrected chi connectivity index (χ3v) is 3.96. The van der Waals surface area contributed by atoms with Crippen molar-refractivity contribution in [3.05, 3.63) is 65.4 Å². The fraction of sp³-hybridized carbons (Fsp3) is 0. The summed E-state index contributed by atoms with van der Waals surface area (Å²) in [4.78, 5) is 0. The molecule has 0 aliphatic heterocycles. The first-order chi connectivity index (χ1) is 10.6. The second-order valence-corrected chi connectivity index (χ2v) is 5.49.